The van der Waals surface area contributed by atoms with Gasteiger partial charge in [-0.1, -0.05) is 26.0 Å². The Balaban J connectivity index is 1.98. The molecule has 0 bridgehead atoms. The molecule has 0 unspecified atom stereocenters. The summed E-state index contributed by atoms with van der Waals surface area (Å²) in [6.45, 7) is 3.97. The highest BCUT2D eigenvalue weighted by molar-refractivity contribution is 7.99. The fourth-order valence-corrected chi connectivity index (χ4v) is 6.00. The highest BCUT2D eigenvalue weighted by atomic mass is 32.2. The fourth-order valence-electron chi connectivity index (χ4n) is 3.38. The van der Waals surface area contributed by atoms with Gasteiger partial charge in [-0.3, -0.25) is 10.1 Å². The van der Waals surface area contributed by atoms with Crippen LogP contribution in [-0.2, 0) is 10.0 Å². The van der Waals surface area contributed by atoms with Crippen LogP contribution in [0.25, 0.3) is 0 Å². The van der Waals surface area contributed by atoms with Crippen LogP contribution in [0.1, 0.15) is 31.9 Å². The summed E-state index contributed by atoms with van der Waals surface area (Å²) in [5.74, 6) is 0.363. The summed E-state index contributed by atoms with van der Waals surface area (Å²) < 4.78 is 40.8. The zero-order valence-electron chi connectivity index (χ0n) is 16.1. The van der Waals surface area contributed by atoms with E-state index < -0.39 is 14.9 Å². The van der Waals surface area contributed by atoms with E-state index in [1.807, 2.05) is 0 Å². The molecule has 1 aliphatic heterocycles. The molecular formula is C19H22FN3O4S2. The number of nitro benzene ring substituents is 1. The van der Waals surface area contributed by atoms with Gasteiger partial charge in [0.05, 0.1) is 15.9 Å². The Morgan fingerprint density at radius 2 is 2.00 bits per heavy atom. The lowest BCUT2D eigenvalue weighted by Gasteiger charge is -2.27. The lowest BCUT2D eigenvalue weighted by molar-refractivity contribution is -0.384. The molecule has 2 aromatic carbocycles. The quantitative estimate of drug-likeness (QED) is 0.507. The number of halogens is 1. The van der Waals surface area contributed by atoms with Gasteiger partial charge < -0.3 is 5.32 Å². The van der Waals surface area contributed by atoms with E-state index in [1.54, 1.807) is 26.0 Å². The Morgan fingerprint density at radius 3 is 2.66 bits per heavy atom. The van der Waals surface area contributed by atoms with E-state index >= 15 is 0 Å². The minimum absolute atomic E-state index is 0.121. The van der Waals surface area contributed by atoms with Crippen molar-refractivity contribution >= 4 is 33.2 Å². The molecule has 0 radical (unpaired) electrons. The Hall–Kier alpha value is -2.17. The van der Waals surface area contributed by atoms with E-state index in [-0.39, 0.29) is 41.2 Å². The fraction of sp³-hybridized carbons (Fsp3) is 0.368. The molecule has 0 saturated carbocycles. The average Bonchev–Trinajstić information content (AvgIpc) is 2.69. The number of hydrogen-bond acceptors (Lipinski definition) is 6. The number of nitrogens with zero attached hydrogens (tertiary/aromatic N) is 2. The maximum Gasteiger partial charge on any atom is 0.293 e. The molecule has 1 aliphatic rings. The molecule has 29 heavy (non-hydrogen) atoms. The number of hydrogen-bond donors (Lipinski definition) is 1. The topological polar surface area (TPSA) is 92.6 Å². The van der Waals surface area contributed by atoms with Crippen molar-refractivity contribution in [3.8, 4) is 0 Å². The zero-order valence-corrected chi connectivity index (χ0v) is 17.7. The Labute approximate surface area is 173 Å². The molecule has 156 valence electrons. The molecule has 7 nitrogen and oxygen atoms in total. The van der Waals surface area contributed by atoms with Crippen molar-refractivity contribution in [1.29, 1.82) is 0 Å². The van der Waals surface area contributed by atoms with Gasteiger partial charge in [-0.15, -0.1) is 11.8 Å². The van der Waals surface area contributed by atoms with Gasteiger partial charge in [-0.2, -0.15) is 4.31 Å². The number of rotatable bonds is 7. The molecule has 2 aromatic rings. The summed E-state index contributed by atoms with van der Waals surface area (Å²) in [5.41, 5.74) is 0.630. The zero-order chi connectivity index (χ0) is 21.2. The summed E-state index contributed by atoms with van der Waals surface area (Å²) in [6, 6.07) is 8.37. The normalized spacial score (nSPS) is 16.5. The van der Waals surface area contributed by atoms with Crippen molar-refractivity contribution in [2.24, 2.45) is 0 Å². The average molecular weight is 440 g/mol. The second-order valence-electron chi connectivity index (χ2n) is 6.52. The number of nitro groups is 1. The molecule has 1 heterocycles. The highest BCUT2D eigenvalue weighted by Crippen LogP contribution is 2.41. The van der Waals surface area contributed by atoms with Gasteiger partial charge >= 0.3 is 0 Å². The molecule has 0 spiro atoms. The minimum Gasteiger partial charge on any atom is -0.373 e. The second kappa shape index (κ2) is 8.68. The summed E-state index contributed by atoms with van der Waals surface area (Å²) in [5, 5.41) is 14.8. The first kappa shape index (κ1) is 21.5. The van der Waals surface area contributed by atoms with E-state index in [1.165, 1.54) is 34.3 Å². The molecule has 3 rings (SSSR count). The third-order valence-electron chi connectivity index (χ3n) is 4.86. The van der Waals surface area contributed by atoms with Gasteiger partial charge in [0, 0.05) is 29.8 Å². The molecule has 1 atom stereocenters. The van der Waals surface area contributed by atoms with Crippen LogP contribution < -0.4 is 5.32 Å². The summed E-state index contributed by atoms with van der Waals surface area (Å²) in [6.07, 6.45) is 0.664. The summed E-state index contributed by atoms with van der Waals surface area (Å²) in [7, 11) is -3.81. The van der Waals surface area contributed by atoms with E-state index in [2.05, 4.69) is 5.32 Å². The van der Waals surface area contributed by atoms with Gasteiger partial charge in [0.15, 0.2) is 0 Å². The van der Waals surface area contributed by atoms with E-state index in [0.717, 1.165) is 11.6 Å². The monoisotopic (exact) mass is 439 g/mol. The molecular weight excluding hydrogens is 417 g/mol. The smallest absolute Gasteiger partial charge is 0.293 e. The number of fused-ring (bicyclic) bond motifs is 1. The molecule has 0 saturated heterocycles. The molecule has 0 aliphatic carbocycles. The first-order chi connectivity index (χ1) is 13.8. The molecule has 0 fully saturated rings. The Bertz CT molecular complexity index is 1030. The van der Waals surface area contributed by atoms with Crippen molar-refractivity contribution in [3.63, 3.8) is 0 Å². The van der Waals surface area contributed by atoms with E-state index in [9.17, 15) is 22.9 Å². The molecule has 10 heteroatoms. The Kier molecular flexibility index (Phi) is 6.45. The van der Waals surface area contributed by atoms with Crippen LogP contribution in [0.5, 0.6) is 0 Å². The van der Waals surface area contributed by atoms with E-state index in [4.69, 9.17) is 0 Å². The molecule has 0 amide bonds. The predicted molar refractivity (Wildman–Crippen MR) is 111 cm³/mol. The van der Waals surface area contributed by atoms with Crippen molar-refractivity contribution in [2.45, 2.75) is 36.1 Å². The Morgan fingerprint density at radius 1 is 1.28 bits per heavy atom. The third kappa shape index (κ3) is 4.24. The number of thioether (sulfide) groups is 1. The number of sulfonamides is 1. The molecule has 1 N–H and O–H groups in total. The van der Waals surface area contributed by atoms with Crippen molar-refractivity contribution in [2.75, 3.05) is 24.2 Å². The lowest BCUT2D eigenvalue weighted by atomic mass is 10.0. The summed E-state index contributed by atoms with van der Waals surface area (Å²) >= 11 is 1.42. The highest BCUT2D eigenvalue weighted by Gasteiger charge is 2.28. The van der Waals surface area contributed by atoms with Gasteiger partial charge in [-0.05, 0) is 30.2 Å². The lowest BCUT2D eigenvalue weighted by Crippen LogP contribution is -2.30. The van der Waals surface area contributed by atoms with Crippen molar-refractivity contribution in [3.05, 3.63) is 57.9 Å². The van der Waals surface area contributed by atoms with Crippen molar-refractivity contribution < 1.29 is 17.7 Å². The number of anilines is 1. The van der Waals surface area contributed by atoms with Crippen LogP contribution in [0.4, 0.5) is 15.8 Å². The summed E-state index contributed by atoms with van der Waals surface area (Å²) in [4.78, 5) is 11.5. The maximum atomic E-state index is 14.1. The third-order valence-corrected chi connectivity index (χ3v) is 8.07. The first-order valence-electron chi connectivity index (χ1n) is 9.25. The van der Waals surface area contributed by atoms with Crippen LogP contribution in [0.3, 0.4) is 0 Å². The first-order valence-corrected chi connectivity index (χ1v) is 11.7. The minimum atomic E-state index is -3.81. The maximum absolute atomic E-state index is 14.1. The van der Waals surface area contributed by atoms with Gasteiger partial charge in [0.2, 0.25) is 10.0 Å². The standard InChI is InChI=1S/C19H22FN3O4S2/c1-3-22(4-2)29(26,27)13-8-9-17(18(12-13)23(24)25)21-16-10-11-28-19-14(16)6-5-7-15(19)20/h5-9,12,16,21H,3-4,10-11H2,1-2H3/t16-/m0/s1. The van der Waals surface area contributed by atoms with Crippen LogP contribution in [-0.4, -0.2) is 36.5 Å². The van der Waals surface area contributed by atoms with Crippen LogP contribution in [0.2, 0.25) is 0 Å². The van der Waals surface area contributed by atoms with Crippen LogP contribution >= 0.6 is 11.8 Å². The number of nitrogens with one attached hydrogen (secondary N) is 1. The van der Waals surface area contributed by atoms with Gasteiger partial charge in [-0.25, -0.2) is 12.8 Å². The van der Waals surface area contributed by atoms with Gasteiger partial charge in [0.25, 0.3) is 5.69 Å². The van der Waals surface area contributed by atoms with E-state index in [0.29, 0.717) is 17.1 Å². The van der Waals surface area contributed by atoms with Crippen LogP contribution in [0.15, 0.2) is 46.2 Å². The second-order valence-corrected chi connectivity index (χ2v) is 9.56. The van der Waals surface area contributed by atoms with Gasteiger partial charge in [0.1, 0.15) is 11.5 Å². The largest absolute Gasteiger partial charge is 0.373 e. The van der Waals surface area contributed by atoms with Crippen molar-refractivity contribution in [1.82, 2.24) is 4.31 Å². The number of benzene rings is 2. The molecule has 0 aromatic heterocycles. The van der Waals surface area contributed by atoms with Crippen LogP contribution in [0, 0.1) is 15.9 Å². The predicted octanol–water partition coefficient (Wildman–Crippen LogP) is 4.41. The SMILES string of the molecule is CCN(CC)S(=O)(=O)c1ccc(N[C@H]2CCSc3c(F)cccc32)c([N+](=O)[O-])c1.